The van der Waals surface area contributed by atoms with E-state index < -0.39 is 0 Å². The highest BCUT2D eigenvalue weighted by atomic mass is 16.5. The van der Waals surface area contributed by atoms with Gasteiger partial charge in [-0.2, -0.15) is 0 Å². The molecule has 6 heteroatoms. The van der Waals surface area contributed by atoms with Crippen molar-refractivity contribution in [2.75, 3.05) is 19.5 Å². The van der Waals surface area contributed by atoms with E-state index in [1.54, 1.807) is 51.5 Å². The molecular weight excluding hydrogens is 334 g/mol. The van der Waals surface area contributed by atoms with Gasteiger partial charge in [-0.15, -0.1) is 0 Å². The molecule has 0 aromatic heterocycles. The monoisotopic (exact) mass is 357 g/mol. The molecule has 0 bridgehead atoms. The first-order valence-corrected chi connectivity index (χ1v) is 8.31. The zero-order chi connectivity index (χ0) is 18.9. The van der Waals surface area contributed by atoms with Gasteiger partial charge in [0.05, 0.1) is 20.6 Å². The number of anilines is 1. The average Bonchev–Trinajstić information content (AvgIpc) is 2.66. The normalized spacial score (nSPS) is 10.1. The SMILES string of the molecule is CCC(=O)OCc1cccc(NC(=O)Cc2ccc(OC)c(OC)c2)c1. The number of ether oxygens (including phenoxy) is 3. The van der Waals surface area contributed by atoms with Crippen LogP contribution in [0, 0.1) is 0 Å². The number of rotatable bonds is 8. The summed E-state index contributed by atoms with van der Waals surface area (Å²) >= 11 is 0. The Labute approximate surface area is 153 Å². The van der Waals surface area contributed by atoms with Crippen molar-refractivity contribution in [2.24, 2.45) is 0 Å². The maximum atomic E-state index is 12.3. The molecule has 0 saturated heterocycles. The van der Waals surface area contributed by atoms with Crippen LogP contribution in [0.2, 0.25) is 0 Å². The molecule has 0 aliphatic rings. The molecule has 0 aliphatic carbocycles. The lowest BCUT2D eigenvalue weighted by molar-refractivity contribution is -0.144. The molecule has 2 aromatic rings. The number of hydrogen-bond acceptors (Lipinski definition) is 5. The Kier molecular flexibility index (Phi) is 7.02. The summed E-state index contributed by atoms with van der Waals surface area (Å²) in [6, 6.07) is 12.6. The molecule has 6 nitrogen and oxygen atoms in total. The number of methoxy groups -OCH3 is 2. The van der Waals surface area contributed by atoms with Crippen molar-refractivity contribution < 1.29 is 23.8 Å². The smallest absolute Gasteiger partial charge is 0.305 e. The van der Waals surface area contributed by atoms with Crippen LogP contribution in [-0.4, -0.2) is 26.1 Å². The first-order chi connectivity index (χ1) is 12.5. The topological polar surface area (TPSA) is 73.9 Å². The van der Waals surface area contributed by atoms with E-state index in [-0.39, 0.29) is 24.9 Å². The fraction of sp³-hybridized carbons (Fsp3) is 0.300. The van der Waals surface area contributed by atoms with Crippen molar-refractivity contribution in [3.05, 3.63) is 53.6 Å². The average molecular weight is 357 g/mol. The minimum absolute atomic E-state index is 0.153. The maximum absolute atomic E-state index is 12.3. The van der Waals surface area contributed by atoms with E-state index >= 15 is 0 Å². The van der Waals surface area contributed by atoms with Gasteiger partial charge in [0.2, 0.25) is 5.91 Å². The molecule has 0 heterocycles. The highest BCUT2D eigenvalue weighted by Crippen LogP contribution is 2.27. The van der Waals surface area contributed by atoms with E-state index in [1.807, 2.05) is 12.1 Å². The second kappa shape index (κ2) is 9.46. The third kappa shape index (κ3) is 5.51. The Balaban J connectivity index is 1.98. The summed E-state index contributed by atoms with van der Waals surface area (Å²) in [4.78, 5) is 23.5. The fourth-order valence-electron chi connectivity index (χ4n) is 2.39. The lowest BCUT2D eigenvalue weighted by Gasteiger charge is -2.10. The van der Waals surface area contributed by atoms with Gasteiger partial charge in [0.25, 0.3) is 0 Å². The van der Waals surface area contributed by atoms with Crippen LogP contribution < -0.4 is 14.8 Å². The highest BCUT2D eigenvalue weighted by molar-refractivity contribution is 5.92. The van der Waals surface area contributed by atoms with Crippen molar-refractivity contribution in [1.29, 1.82) is 0 Å². The van der Waals surface area contributed by atoms with Crippen molar-refractivity contribution in [3.63, 3.8) is 0 Å². The number of hydrogen-bond donors (Lipinski definition) is 1. The fourth-order valence-corrected chi connectivity index (χ4v) is 2.39. The Hall–Kier alpha value is -3.02. The van der Waals surface area contributed by atoms with Crippen LogP contribution in [-0.2, 0) is 27.4 Å². The zero-order valence-corrected chi connectivity index (χ0v) is 15.2. The molecular formula is C20H23NO5. The third-order valence-electron chi connectivity index (χ3n) is 3.71. The predicted octanol–water partition coefficient (Wildman–Crippen LogP) is 3.34. The van der Waals surface area contributed by atoms with Gasteiger partial charge in [0.15, 0.2) is 11.5 Å². The number of carbonyl (C=O) groups excluding carboxylic acids is 2. The van der Waals surface area contributed by atoms with E-state index in [9.17, 15) is 9.59 Å². The first kappa shape index (κ1) is 19.3. The molecule has 0 radical (unpaired) electrons. The molecule has 0 fully saturated rings. The molecule has 26 heavy (non-hydrogen) atoms. The van der Waals surface area contributed by atoms with E-state index in [2.05, 4.69) is 5.32 Å². The summed E-state index contributed by atoms with van der Waals surface area (Å²) < 4.78 is 15.5. The van der Waals surface area contributed by atoms with Gasteiger partial charge in [0.1, 0.15) is 6.61 Å². The number of esters is 1. The van der Waals surface area contributed by atoms with Gasteiger partial charge in [-0.3, -0.25) is 9.59 Å². The van der Waals surface area contributed by atoms with E-state index in [1.165, 1.54) is 0 Å². The molecule has 2 aromatic carbocycles. The van der Waals surface area contributed by atoms with E-state index in [4.69, 9.17) is 14.2 Å². The maximum Gasteiger partial charge on any atom is 0.305 e. The highest BCUT2D eigenvalue weighted by Gasteiger charge is 2.09. The number of amides is 1. The first-order valence-electron chi connectivity index (χ1n) is 8.31. The van der Waals surface area contributed by atoms with Crippen molar-refractivity contribution in [1.82, 2.24) is 0 Å². The molecule has 0 atom stereocenters. The Morgan fingerprint density at radius 2 is 1.73 bits per heavy atom. The van der Waals surface area contributed by atoms with Crippen LogP contribution in [0.15, 0.2) is 42.5 Å². The lowest BCUT2D eigenvalue weighted by Crippen LogP contribution is -2.14. The van der Waals surface area contributed by atoms with Gasteiger partial charge in [0, 0.05) is 12.1 Å². The molecule has 2 rings (SSSR count). The lowest BCUT2D eigenvalue weighted by atomic mass is 10.1. The molecule has 0 aliphatic heterocycles. The van der Waals surface area contributed by atoms with Crippen LogP contribution in [0.4, 0.5) is 5.69 Å². The van der Waals surface area contributed by atoms with Crippen LogP contribution in [0.3, 0.4) is 0 Å². The summed E-state index contributed by atoms with van der Waals surface area (Å²) in [5.41, 5.74) is 2.28. The minimum Gasteiger partial charge on any atom is -0.493 e. The number of carbonyl (C=O) groups is 2. The number of nitrogens with one attached hydrogen (secondary N) is 1. The standard InChI is InChI=1S/C20H23NO5/c1-4-20(23)26-13-15-6-5-7-16(10-15)21-19(22)12-14-8-9-17(24-2)18(11-14)25-3/h5-11H,4,12-13H2,1-3H3,(H,21,22). The van der Waals surface area contributed by atoms with Gasteiger partial charge < -0.3 is 19.5 Å². The summed E-state index contributed by atoms with van der Waals surface area (Å²) in [6.07, 6.45) is 0.539. The summed E-state index contributed by atoms with van der Waals surface area (Å²) in [5, 5.41) is 2.85. The Morgan fingerprint density at radius 3 is 2.42 bits per heavy atom. The Bertz CT molecular complexity index is 773. The molecule has 0 saturated carbocycles. The quantitative estimate of drug-likeness (QED) is 0.734. The van der Waals surface area contributed by atoms with Gasteiger partial charge in [-0.05, 0) is 35.4 Å². The van der Waals surface area contributed by atoms with Crippen LogP contribution in [0.5, 0.6) is 11.5 Å². The van der Waals surface area contributed by atoms with Gasteiger partial charge >= 0.3 is 5.97 Å². The van der Waals surface area contributed by atoms with Crippen LogP contribution in [0.25, 0.3) is 0 Å². The number of benzene rings is 2. The molecule has 138 valence electrons. The zero-order valence-electron chi connectivity index (χ0n) is 15.2. The van der Waals surface area contributed by atoms with Crippen molar-refractivity contribution in [3.8, 4) is 11.5 Å². The Morgan fingerprint density at radius 1 is 0.962 bits per heavy atom. The summed E-state index contributed by atoms with van der Waals surface area (Å²) in [6.45, 7) is 1.93. The summed E-state index contributed by atoms with van der Waals surface area (Å²) in [7, 11) is 3.12. The second-order valence-corrected chi connectivity index (χ2v) is 5.63. The van der Waals surface area contributed by atoms with Crippen molar-refractivity contribution in [2.45, 2.75) is 26.4 Å². The molecule has 1 amide bonds. The molecule has 1 N–H and O–H groups in total. The third-order valence-corrected chi connectivity index (χ3v) is 3.71. The van der Waals surface area contributed by atoms with E-state index in [0.717, 1.165) is 11.1 Å². The largest absolute Gasteiger partial charge is 0.493 e. The van der Waals surface area contributed by atoms with Gasteiger partial charge in [-0.1, -0.05) is 25.1 Å². The van der Waals surface area contributed by atoms with Crippen LogP contribution in [0.1, 0.15) is 24.5 Å². The predicted molar refractivity (Wildman–Crippen MR) is 98.4 cm³/mol. The second-order valence-electron chi connectivity index (χ2n) is 5.63. The molecule has 0 unspecified atom stereocenters. The van der Waals surface area contributed by atoms with E-state index in [0.29, 0.717) is 23.6 Å². The van der Waals surface area contributed by atoms with Crippen LogP contribution >= 0.6 is 0 Å². The molecule has 0 spiro atoms. The summed E-state index contributed by atoms with van der Waals surface area (Å²) in [5.74, 6) is 0.788. The minimum atomic E-state index is -0.257. The van der Waals surface area contributed by atoms with Crippen molar-refractivity contribution >= 4 is 17.6 Å². The van der Waals surface area contributed by atoms with Gasteiger partial charge in [-0.25, -0.2) is 0 Å².